The van der Waals surface area contributed by atoms with Gasteiger partial charge in [-0.15, -0.1) is 0 Å². The van der Waals surface area contributed by atoms with Gasteiger partial charge < -0.3 is 14.9 Å². The van der Waals surface area contributed by atoms with E-state index in [1.165, 1.54) is 0 Å². The highest BCUT2D eigenvalue weighted by Gasteiger charge is 2.30. The zero-order valence-electron chi connectivity index (χ0n) is 10.1. The van der Waals surface area contributed by atoms with Crippen molar-refractivity contribution in [3.63, 3.8) is 0 Å². The number of nitrogens with zero attached hydrogens (tertiary/aromatic N) is 2. The first-order valence-electron chi connectivity index (χ1n) is 6.31. The third-order valence-electron chi connectivity index (χ3n) is 3.67. The third kappa shape index (κ3) is 3.26. The molecule has 2 aliphatic heterocycles. The molecule has 0 atom stereocenters. The van der Waals surface area contributed by atoms with Crippen LogP contribution in [0.1, 0.15) is 19.3 Å². The van der Waals surface area contributed by atoms with Crippen LogP contribution in [0.2, 0.25) is 0 Å². The number of β-amino-alcohol motifs (C(OH)–C–C–N with tert-alkyl or cyclic N) is 1. The number of hydrogen-bond acceptors (Lipinski definition) is 4. The second kappa shape index (κ2) is 5.60. The highest BCUT2D eigenvalue weighted by molar-refractivity contribution is 6.05. The van der Waals surface area contributed by atoms with Gasteiger partial charge in [-0.3, -0.25) is 9.59 Å². The molecule has 2 heterocycles. The lowest BCUT2D eigenvalue weighted by molar-refractivity contribution is -0.128. The van der Waals surface area contributed by atoms with Gasteiger partial charge >= 0.3 is 0 Å². The number of likely N-dealkylation sites (tertiary alicyclic amines) is 2. The summed E-state index contributed by atoms with van der Waals surface area (Å²) in [6, 6.07) is 0. The van der Waals surface area contributed by atoms with Gasteiger partial charge in [0.15, 0.2) is 5.78 Å². The molecule has 0 saturated carbocycles. The van der Waals surface area contributed by atoms with Gasteiger partial charge in [0.05, 0.1) is 19.6 Å². The maximum absolute atomic E-state index is 11.5. The predicted molar refractivity (Wildman–Crippen MR) is 62.5 cm³/mol. The van der Waals surface area contributed by atoms with E-state index in [0.29, 0.717) is 12.5 Å². The summed E-state index contributed by atoms with van der Waals surface area (Å²) in [5.41, 5.74) is 0. The fourth-order valence-corrected chi connectivity index (χ4v) is 2.65. The van der Waals surface area contributed by atoms with E-state index in [1.54, 1.807) is 4.90 Å². The molecule has 5 heteroatoms. The summed E-state index contributed by atoms with van der Waals surface area (Å²) in [4.78, 5) is 26.6. The van der Waals surface area contributed by atoms with Crippen LogP contribution in [0.4, 0.5) is 0 Å². The lowest BCUT2D eigenvalue weighted by Gasteiger charge is -2.33. The monoisotopic (exact) mass is 240 g/mol. The standard InChI is InChI=1S/C12H20N2O3/c15-6-5-13-3-1-10(2-4-13)8-14-9-11(16)7-12(14)17/h10,15H,1-9H2. The molecule has 17 heavy (non-hydrogen) atoms. The van der Waals surface area contributed by atoms with E-state index in [4.69, 9.17) is 5.11 Å². The van der Waals surface area contributed by atoms with Crippen molar-refractivity contribution in [2.75, 3.05) is 39.3 Å². The fourth-order valence-electron chi connectivity index (χ4n) is 2.65. The van der Waals surface area contributed by atoms with Crippen LogP contribution in [0, 0.1) is 5.92 Å². The van der Waals surface area contributed by atoms with Crippen LogP contribution in [-0.4, -0.2) is 65.9 Å². The van der Waals surface area contributed by atoms with Crippen molar-refractivity contribution >= 4 is 11.7 Å². The number of carbonyl (C=O) groups is 2. The van der Waals surface area contributed by atoms with E-state index in [9.17, 15) is 9.59 Å². The Morgan fingerprint density at radius 1 is 1.24 bits per heavy atom. The van der Waals surface area contributed by atoms with Gasteiger partial charge in [0.2, 0.25) is 5.91 Å². The molecule has 0 aromatic carbocycles. The Balaban J connectivity index is 1.74. The van der Waals surface area contributed by atoms with Gasteiger partial charge in [-0.05, 0) is 31.8 Å². The predicted octanol–water partition coefficient (Wildman–Crippen LogP) is -0.508. The van der Waals surface area contributed by atoms with Crippen LogP contribution in [0.5, 0.6) is 0 Å². The number of aliphatic hydroxyl groups excluding tert-OH is 1. The molecule has 2 rings (SSSR count). The van der Waals surface area contributed by atoms with E-state index < -0.39 is 0 Å². The molecule has 0 aliphatic carbocycles. The van der Waals surface area contributed by atoms with E-state index in [1.807, 2.05) is 0 Å². The zero-order chi connectivity index (χ0) is 12.3. The van der Waals surface area contributed by atoms with Crippen LogP contribution in [0.3, 0.4) is 0 Å². The minimum absolute atomic E-state index is 0.00668. The largest absolute Gasteiger partial charge is 0.395 e. The number of piperidine rings is 1. The molecule has 1 N–H and O–H groups in total. The summed E-state index contributed by atoms with van der Waals surface area (Å²) in [6.45, 7) is 3.98. The fraction of sp³-hybridized carbons (Fsp3) is 0.833. The van der Waals surface area contributed by atoms with Crippen LogP contribution >= 0.6 is 0 Å². The molecule has 2 aliphatic rings. The van der Waals surface area contributed by atoms with Crippen LogP contribution in [-0.2, 0) is 9.59 Å². The molecule has 0 aromatic rings. The molecule has 2 saturated heterocycles. The lowest BCUT2D eigenvalue weighted by atomic mass is 9.96. The number of hydrogen-bond donors (Lipinski definition) is 1. The average Bonchev–Trinajstić information content (AvgIpc) is 2.61. The van der Waals surface area contributed by atoms with Crippen molar-refractivity contribution in [1.29, 1.82) is 0 Å². The molecule has 0 spiro atoms. The highest BCUT2D eigenvalue weighted by atomic mass is 16.3. The summed E-state index contributed by atoms with van der Waals surface area (Å²) < 4.78 is 0. The van der Waals surface area contributed by atoms with Crippen molar-refractivity contribution < 1.29 is 14.7 Å². The Morgan fingerprint density at radius 2 is 1.94 bits per heavy atom. The molecule has 0 aromatic heterocycles. The zero-order valence-corrected chi connectivity index (χ0v) is 10.1. The van der Waals surface area contributed by atoms with Gasteiger partial charge in [-0.1, -0.05) is 0 Å². The van der Waals surface area contributed by atoms with Crippen molar-refractivity contribution in [1.82, 2.24) is 9.80 Å². The summed E-state index contributed by atoms with van der Waals surface area (Å²) >= 11 is 0. The molecule has 0 radical (unpaired) electrons. The molecule has 1 amide bonds. The Bertz CT molecular complexity index is 298. The quantitative estimate of drug-likeness (QED) is 0.673. The molecule has 96 valence electrons. The first-order chi connectivity index (χ1) is 8.19. The molecule has 5 nitrogen and oxygen atoms in total. The summed E-state index contributed by atoms with van der Waals surface area (Å²) in [6.07, 6.45) is 2.21. The van der Waals surface area contributed by atoms with Crippen LogP contribution in [0.15, 0.2) is 0 Å². The van der Waals surface area contributed by atoms with Gasteiger partial charge in [-0.25, -0.2) is 0 Å². The second-order valence-electron chi connectivity index (χ2n) is 5.00. The molecular weight excluding hydrogens is 220 g/mol. The maximum Gasteiger partial charge on any atom is 0.230 e. The minimum Gasteiger partial charge on any atom is -0.395 e. The number of rotatable bonds is 4. The molecule has 0 bridgehead atoms. The smallest absolute Gasteiger partial charge is 0.230 e. The van der Waals surface area contributed by atoms with E-state index in [0.717, 1.165) is 39.0 Å². The summed E-state index contributed by atoms with van der Waals surface area (Å²) in [5.74, 6) is 0.556. The second-order valence-corrected chi connectivity index (χ2v) is 5.00. The Morgan fingerprint density at radius 3 is 2.47 bits per heavy atom. The normalized spacial score (nSPS) is 23.7. The average molecular weight is 240 g/mol. The first kappa shape index (κ1) is 12.5. The van der Waals surface area contributed by atoms with E-state index >= 15 is 0 Å². The maximum atomic E-state index is 11.5. The number of amides is 1. The van der Waals surface area contributed by atoms with E-state index in [-0.39, 0.29) is 24.7 Å². The summed E-state index contributed by atoms with van der Waals surface area (Å²) in [7, 11) is 0. The van der Waals surface area contributed by atoms with Crippen molar-refractivity contribution in [3.8, 4) is 0 Å². The van der Waals surface area contributed by atoms with Crippen molar-refractivity contribution in [2.24, 2.45) is 5.92 Å². The number of carbonyl (C=O) groups excluding carboxylic acids is 2. The van der Waals surface area contributed by atoms with Crippen LogP contribution in [0.25, 0.3) is 0 Å². The third-order valence-corrected chi connectivity index (χ3v) is 3.67. The minimum atomic E-state index is -0.00668. The van der Waals surface area contributed by atoms with Gasteiger partial charge in [0.1, 0.15) is 0 Å². The van der Waals surface area contributed by atoms with Gasteiger partial charge in [-0.2, -0.15) is 0 Å². The Kier molecular flexibility index (Phi) is 4.12. The number of Topliss-reactive ketones (excluding diaryl/α,β-unsaturated/α-hetero) is 1. The van der Waals surface area contributed by atoms with Crippen molar-refractivity contribution in [3.05, 3.63) is 0 Å². The van der Waals surface area contributed by atoms with Gasteiger partial charge in [0.25, 0.3) is 0 Å². The lowest BCUT2D eigenvalue weighted by Crippen LogP contribution is -2.40. The molecular formula is C12H20N2O3. The Labute approximate surface area is 101 Å². The van der Waals surface area contributed by atoms with Crippen LogP contribution < -0.4 is 0 Å². The SMILES string of the molecule is O=C1CC(=O)N(CC2CCN(CCO)CC2)C1. The number of ketones is 1. The first-order valence-corrected chi connectivity index (χ1v) is 6.31. The number of aliphatic hydroxyl groups is 1. The van der Waals surface area contributed by atoms with E-state index in [2.05, 4.69) is 4.90 Å². The summed E-state index contributed by atoms with van der Waals surface area (Å²) in [5, 5.41) is 8.85. The Hall–Kier alpha value is -0.940. The van der Waals surface area contributed by atoms with Crippen molar-refractivity contribution in [2.45, 2.75) is 19.3 Å². The molecule has 2 fully saturated rings. The highest BCUT2D eigenvalue weighted by Crippen LogP contribution is 2.20. The van der Waals surface area contributed by atoms with Gasteiger partial charge in [0, 0.05) is 13.1 Å². The topological polar surface area (TPSA) is 60.9 Å². The molecule has 0 unspecified atom stereocenters.